The Morgan fingerprint density at radius 2 is 2.06 bits per heavy atom. The third kappa shape index (κ3) is 4.49. The van der Waals surface area contributed by atoms with E-state index < -0.39 is 0 Å². The van der Waals surface area contributed by atoms with Crippen LogP contribution in [0.3, 0.4) is 0 Å². The number of aliphatic hydroxyl groups is 1. The Labute approximate surface area is 102 Å². The van der Waals surface area contributed by atoms with Gasteiger partial charge in [-0.15, -0.1) is 0 Å². The van der Waals surface area contributed by atoms with Gasteiger partial charge in [0, 0.05) is 31.8 Å². The van der Waals surface area contributed by atoms with Crippen molar-refractivity contribution in [3.8, 4) is 0 Å². The van der Waals surface area contributed by atoms with E-state index in [1.165, 1.54) is 0 Å². The Balaban J connectivity index is 2.56. The first-order chi connectivity index (χ1) is 7.77. The maximum absolute atomic E-state index is 8.97. The highest BCUT2D eigenvalue weighted by atomic mass is 35.5. The minimum atomic E-state index is 0.147. The SMILES string of the molecule is COCCN(CCO)Cc1ccccc1Cl. The topological polar surface area (TPSA) is 32.7 Å². The van der Waals surface area contributed by atoms with Crippen LogP contribution in [0.15, 0.2) is 24.3 Å². The van der Waals surface area contributed by atoms with Crippen LogP contribution in [-0.2, 0) is 11.3 Å². The average molecular weight is 244 g/mol. The summed E-state index contributed by atoms with van der Waals surface area (Å²) >= 11 is 6.08. The van der Waals surface area contributed by atoms with Crippen molar-refractivity contribution >= 4 is 11.6 Å². The predicted molar refractivity (Wildman–Crippen MR) is 65.7 cm³/mol. The van der Waals surface area contributed by atoms with Crippen molar-refractivity contribution in [1.29, 1.82) is 0 Å². The zero-order valence-corrected chi connectivity index (χ0v) is 10.3. The number of benzene rings is 1. The minimum absolute atomic E-state index is 0.147. The lowest BCUT2D eigenvalue weighted by atomic mass is 10.2. The summed E-state index contributed by atoms with van der Waals surface area (Å²) in [5.41, 5.74) is 1.08. The van der Waals surface area contributed by atoms with Crippen LogP contribution in [0.1, 0.15) is 5.56 Å². The normalized spacial score (nSPS) is 11.0. The molecule has 0 unspecified atom stereocenters. The van der Waals surface area contributed by atoms with E-state index in [4.69, 9.17) is 21.4 Å². The van der Waals surface area contributed by atoms with Gasteiger partial charge < -0.3 is 9.84 Å². The number of methoxy groups -OCH3 is 1. The van der Waals surface area contributed by atoms with Gasteiger partial charge in [-0.25, -0.2) is 0 Å². The summed E-state index contributed by atoms with van der Waals surface area (Å²) in [6.45, 7) is 2.97. The number of ether oxygens (including phenoxy) is 1. The summed E-state index contributed by atoms with van der Waals surface area (Å²) in [4.78, 5) is 2.12. The first-order valence-corrected chi connectivity index (χ1v) is 5.71. The van der Waals surface area contributed by atoms with Gasteiger partial charge in [-0.2, -0.15) is 0 Å². The van der Waals surface area contributed by atoms with Crippen LogP contribution in [0.4, 0.5) is 0 Å². The van der Waals surface area contributed by atoms with Gasteiger partial charge in [-0.05, 0) is 11.6 Å². The molecule has 90 valence electrons. The smallest absolute Gasteiger partial charge is 0.0589 e. The Bertz CT molecular complexity index is 307. The fraction of sp³-hybridized carbons (Fsp3) is 0.500. The summed E-state index contributed by atoms with van der Waals surface area (Å²) in [6, 6.07) is 7.76. The molecule has 0 bridgehead atoms. The molecule has 0 amide bonds. The minimum Gasteiger partial charge on any atom is -0.395 e. The van der Waals surface area contributed by atoms with Crippen molar-refractivity contribution in [1.82, 2.24) is 4.90 Å². The molecule has 16 heavy (non-hydrogen) atoms. The lowest BCUT2D eigenvalue weighted by molar-refractivity contribution is 0.127. The van der Waals surface area contributed by atoms with Crippen LogP contribution in [0, 0.1) is 0 Å². The largest absolute Gasteiger partial charge is 0.395 e. The van der Waals surface area contributed by atoms with E-state index in [1.54, 1.807) is 7.11 Å². The second-order valence-corrected chi connectivity index (χ2v) is 3.99. The first-order valence-electron chi connectivity index (χ1n) is 5.33. The van der Waals surface area contributed by atoms with Crippen LogP contribution < -0.4 is 0 Å². The second-order valence-electron chi connectivity index (χ2n) is 3.58. The van der Waals surface area contributed by atoms with Crippen LogP contribution in [-0.4, -0.2) is 43.4 Å². The molecule has 4 heteroatoms. The maximum Gasteiger partial charge on any atom is 0.0589 e. The highest BCUT2D eigenvalue weighted by Crippen LogP contribution is 2.16. The van der Waals surface area contributed by atoms with E-state index >= 15 is 0 Å². The molecule has 1 aromatic rings. The molecular weight excluding hydrogens is 226 g/mol. The first kappa shape index (κ1) is 13.5. The summed E-state index contributed by atoms with van der Waals surface area (Å²) in [7, 11) is 1.67. The lowest BCUT2D eigenvalue weighted by Gasteiger charge is -2.21. The van der Waals surface area contributed by atoms with Crippen molar-refractivity contribution in [2.45, 2.75) is 6.54 Å². The van der Waals surface area contributed by atoms with E-state index in [0.717, 1.165) is 23.7 Å². The fourth-order valence-corrected chi connectivity index (χ4v) is 1.69. The van der Waals surface area contributed by atoms with Crippen molar-refractivity contribution < 1.29 is 9.84 Å². The van der Waals surface area contributed by atoms with Crippen LogP contribution in [0.25, 0.3) is 0 Å². The fourth-order valence-electron chi connectivity index (χ4n) is 1.50. The quantitative estimate of drug-likeness (QED) is 0.793. The molecule has 1 aromatic carbocycles. The molecule has 0 spiro atoms. The summed E-state index contributed by atoms with van der Waals surface area (Å²) in [5.74, 6) is 0. The van der Waals surface area contributed by atoms with Gasteiger partial charge >= 0.3 is 0 Å². The van der Waals surface area contributed by atoms with E-state index in [2.05, 4.69) is 4.90 Å². The third-order valence-electron chi connectivity index (χ3n) is 2.38. The van der Waals surface area contributed by atoms with E-state index in [9.17, 15) is 0 Å². The van der Waals surface area contributed by atoms with Gasteiger partial charge in [0.25, 0.3) is 0 Å². The van der Waals surface area contributed by atoms with Gasteiger partial charge in [0.05, 0.1) is 13.2 Å². The van der Waals surface area contributed by atoms with E-state index in [1.807, 2.05) is 24.3 Å². The number of aliphatic hydroxyl groups excluding tert-OH is 1. The molecule has 1 rings (SSSR count). The van der Waals surface area contributed by atoms with Gasteiger partial charge in [-0.1, -0.05) is 29.8 Å². The zero-order valence-electron chi connectivity index (χ0n) is 9.53. The van der Waals surface area contributed by atoms with Crippen LogP contribution >= 0.6 is 11.6 Å². The van der Waals surface area contributed by atoms with Crippen molar-refractivity contribution in [3.05, 3.63) is 34.9 Å². The highest BCUT2D eigenvalue weighted by Gasteiger charge is 2.07. The van der Waals surface area contributed by atoms with Gasteiger partial charge in [0.2, 0.25) is 0 Å². The summed E-state index contributed by atoms with van der Waals surface area (Å²) in [5, 5.41) is 9.73. The number of hydrogen-bond donors (Lipinski definition) is 1. The molecule has 0 saturated carbocycles. The maximum atomic E-state index is 8.97. The molecule has 1 N–H and O–H groups in total. The second kappa shape index (κ2) is 7.63. The van der Waals surface area contributed by atoms with E-state index in [0.29, 0.717) is 13.2 Å². The molecule has 0 radical (unpaired) electrons. The number of rotatable bonds is 7. The molecule has 0 aliphatic heterocycles. The monoisotopic (exact) mass is 243 g/mol. The lowest BCUT2D eigenvalue weighted by Crippen LogP contribution is -2.29. The molecule has 0 saturated heterocycles. The molecule has 0 aliphatic rings. The number of hydrogen-bond acceptors (Lipinski definition) is 3. The van der Waals surface area contributed by atoms with Crippen molar-refractivity contribution in [2.75, 3.05) is 33.4 Å². The standard InChI is InChI=1S/C12H18ClNO2/c1-16-9-7-14(6-8-15)10-11-4-2-3-5-12(11)13/h2-5,15H,6-10H2,1H3. The molecule has 0 aliphatic carbocycles. The van der Waals surface area contributed by atoms with Gasteiger partial charge in [0.15, 0.2) is 0 Å². The third-order valence-corrected chi connectivity index (χ3v) is 2.75. The predicted octanol–water partition coefficient (Wildman–Crippen LogP) is 1.78. The Hall–Kier alpha value is -0.610. The van der Waals surface area contributed by atoms with Gasteiger partial charge in [-0.3, -0.25) is 4.90 Å². The number of halogens is 1. The van der Waals surface area contributed by atoms with Crippen molar-refractivity contribution in [2.24, 2.45) is 0 Å². The molecule has 0 fully saturated rings. The average Bonchev–Trinajstić information content (AvgIpc) is 2.29. The molecule has 0 aromatic heterocycles. The van der Waals surface area contributed by atoms with Crippen LogP contribution in [0.5, 0.6) is 0 Å². The number of nitrogens with zero attached hydrogens (tertiary/aromatic N) is 1. The Morgan fingerprint density at radius 1 is 1.31 bits per heavy atom. The molecule has 3 nitrogen and oxygen atoms in total. The highest BCUT2D eigenvalue weighted by molar-refractivity contribution is 6.31. The zero-order chi connectivity index (χ0) is 11.8. The molecule has 0 heterocycles. The van der Waals surface area contributed by atoms with Crippen molar-refractivity contribution in [3.63, 3.8) is 0 Å². The summed E-state index contributed by atoms with van der Waals surface area (Å²) < 4.78 is 5.03. The van der Waals surface area contributed by atoms with Gasteiger partial charge in [0.1, 0.15) is 0 Å². The molecular formula is C12H18ClNO2. The molecule has 0 atom stereocenters. The van der Waals surface area contributed by atoms with E-state index in [-0.39, 0.29) is 6.61 Å². The van der Waals surface area contributed by atoms with Crippen LogP contribution in [0.2, 0.25) is 5.02 Å². The Morgan fingerprint density at radius 3 is 2.69 bits per heavy atom. The summed E-state index contributed by atoms with van der Waals surface area (Å²) in [6.07, 6.45) is 0. The Kier molecular flexibility index (Phi) is 6.42.